The van der Waals surface area contributed by atoms with Crippen LogP contribution in [0.4, 0.5) is 5.95 Å². The minimum Gasteiger partial charge on any atom is -0.438 e. The van der Waals surface area contributed by atoms with Gasteiger partial charge in [-0.1, -0.05) is 0 Å². The maximum Gasteiger partial charge on any atom is 0.228 e. The smallest absolute Gasteiger partial charge is 0.228 e. The lowest BCUT2D eigenvalue weighted by molar-refractivity contribution is -0.0665. The number of rotatable bonds is 5. The molecular weight excluding hydrogens is 394 g/mol. The first-order valence-electron chi connectivity index (χ1n) is 9.97. The fraction of sp³-hybridized carbons (Fsp3) is 0.391. The van der Waals surface area contributed by atoms with Crippen molar-refractivity contribution in [2.45, 2.75) is 50.2 Å². The lowest BCUT2D eigenvalue weighted by atomic mass is 9.40. The van der Waals surface area contributed by atoms with E-state index in [1.165, 1.54) is 6.08 Å². The molecule has 2 heterocycles. The number of anilines is 1. The van der Waals surface area contributed by atoms with E-state index in [0.717, 1.165) is 64.5 Å². The number of allylic oxidation sites excluding steroid dienone is 1. The molecule has 3 fully saturated rings. The molecule has 0 spiro atoms. The van der Waals surface area contributed by atoms with E-state index in [2.05, 4.69) is 11.4 Å². The maximum absolute atomic E-state index is 9.27. The summed E-state index contributed by atoms with van der Waals surface area (Å²) in [4.78, 5) is 9.48. The Morgan fingerprint density at radius 2 is 1.87 bits per heavy atom. The Morgan fingerprint density at radius 1 is 1.13 bits per heavy atom. The topological polar surface area (TPSA) is 94.6 Å². The van der Waals surface area contributed by atoms with Gasteiger partial charge in [0.15, 0.2) is 0 Å². The Hall–Kier alpha value is -3.03. The molecule has 0 unspecified atom stereocenters. The number of thioether (sulfide) groups is 1. The zero-order chi connectivity index (χ0) is 20.9. The minimum absolute atomic E-state index is 0.0203. The molecule has 2 aromatic rings. The van der Waals surface area contributed by atoms with Crippen molar-refractivity contribution in [3.8, 4) is 23.8 Å². The van der Waals surface area contributed by atoms with Crippen LogP contribution in [0.25, 0.3) is 6.08 Å². The summed E-state index contributed by atoms with van der Waals surface area (Å²) in [6.07, 6.45) is 5.89. The molecular formula is C23H21N5OS. The first-order valence-corrected chi connectivity index (χ1v) is 11.1. The number of benzene rings is 1. The van der Waals surface area contributed by atoms with Gasteiger partial charge in [-0.25, -0.2) is 4.98 Å². The van der Waals surface area contributed by atoms with E-state index in [1.54, 1.807) is 6.08 Å². The van der Waals surface area contributed by atoms with E-state index in [4.69, 9.17) is 20.0 Å². The third-order valence-corrected chi connectivity index (χ3v) is 7.19. The highest BCUT2D eigenvalue weighted by molar-refractivity contribution is 7.98. The van der Waals surface area contributed by atoms with E-state index in [1.807, 2.05) is 43.8 Å². The average Bonchev–Trinajstić information content (AvgIpc) is 3.13. The van der Waals surface area contributed by atoms with Crippen LogP contribution < -0.4 is 10.1 Å². The zero-order valence-electron chi connectivity index (χ0n) is 17.0. The Labute approximate surface area is 180 Å². The van der Waals surface area contributed by atoms with Gasteiger partial charge in [-0.2, -0.15) is 27.3 Å². The summed E-state index contributed by atoms with van der Waals surface area (Å²) >= 11 is 1.81. The molecule has 7 heteroatoms. The highest BCUT2D eigenvalue weighted by Crippen LogP contribution is 2.67. The standard InChI is InChI=1S/C23H21N5OS/c1-14-6-16(4-3-5-24)7-15(2)19(14)29-20-17-8-30-9-18(17)26-21(27-20)28-23-10-22(11-23,12-23)13-25/h3-4,6-7H,8-12H2,1-2H3,(H,26,27,28)/b4-3+. The summed E-state index contributed by atoms with van der Waals surface area (Å²) in [6.45, 7) is 4.01. The molecule has 3 aliphatic carbocycles. The van der Waals surface area contributed by atoms with E-state index in [9.17, 15) is 5.26 Å². The van der Waals surface area contributed by atoms with Crippen molar-refractivity contribution in [2.24, 2.45) is 5.41 Å². The van der Waals surface area contributed by atoms with Crippen LogP contribution >= 0.6 is 11.8 Å². The van der Waals surface area contributed by atoms with Crippen LogP contribution in [-0.2, 0) is 11.5 Å². The molecule has 1 aromatic carbocycles. The number of hydrogen-bond acceptors (Lipinski definition) is 7. The third-order valence-electron chi connectivity index (χ3n) is 6.22. The highest BCUT2D eigenvalue weighted by Gasteiger charge is 2.69. The number of nitrogens with zero attached hydrogens (tertiary/aromatic N) is 4. The van der Waals surface area contributed by atoms with Gasteiger partial charge < -0.3 is 10.1 Å². The fourth-order valence-corrected chi connectivity index (χ4v) is 5.94. The molecule has 0 amide bonds. The summed E-state index contributed by atoms with van der Waals surface area (Å²) < 4.78 is 6.36. The van der Waals surface area contributed by atoms with Crippen LogP contribution in [0.3, 0.4) is 0 Å². The van der Waals surface area contributed by atoms with Gasteiger partial charge in [0.2, 0.25) is 11.8 Å². The second-order valence-corrected chi connectivity index (χ2v) is 9.63. The molecule has 0 atom stereocenters. The maximum atomic E-state index is 9.27. The number of nitrogens with one attached hydrogen (secondary N) is 1. The molecule has 0 saturated heterocycles. The Kier molecular flexibility index (Phi) is 4.27. The molecule has 4 aliphatic rings. The van der Waals surface area contributed by atoms with Crippen molar-refractivity contribution < 1.29 is 4.74 Å². The molecule has 150 valence electrons. The van der Waals surface area contributed by atoms with Gasteiger partial charge >= 0.3 is 0 Å². The largest absolute Gasteiger partial charge is 0.438 e. The number of ether oxygens (including phenoxy) is 1. The van der Waals surface area contributed by atoms with E-state index in [0.29, 0.717) is 11.8 Å². The van der Waals surface area contributed by atoms with Gasteiger partial charge in [0, 0.05) is 28.7 Å². The van der Waals surface area contributed by atoms with Crippen molar-refractivity contribution in [1.82, 2.24) is 9.97 Å². The summed E-state index contributed by atoms with van der Waals surface area (Å²) in [7, 11) is 0. The van der Waals surface area contributed by atoms with Gasteiger partial charge in [0.1, 0.15) is 5.75 Å². The summed E-state index contributed by atoms with van der Waals surface area (Å²) in [6, 6.07) is 8.48. The SMILES string of the molecule is Cc1cc(/C=C/C#N)cc(C)c1Oc1nc(NC23CC(C#N)(C2)C3)nc2c1CSC2. The Balaban J connectivity index is 1.44. The molecule has 6 rings (SSSR count). The lowest BCUT2D eigenvalue weighted by Crippen LogP contribution is -2.70. The molecule has 3 saturated carbocycles. The molecule has 30 heavy (non-hydrogen) atoms. The van der Waals surface area contributed by atoms with Crippen molar-refractivity contribution in [1.29, 1.82) is 10.5 Å². The Bertz CT molecular complexity index is 1130. The predicted molar refractivity (Wildman–Crippen MR) is 116 cm³/mol. The van der Waals surface area contributed by atoms with E-state index < -0.39 is 0 Å². The monoisotopic (exact) mass is 415 g/mol. The van der Waals surface area contributed by atoms with Crippen LogP contribution in [0.15, 0.2) is 18.2 Å². The van der Waals surface area contributed by atoms with Crippen LogP contribution in [0.1, 0.15) is 47.2 Å². The molecule has 6 nitrogen and oxygen atoms in total. The number of aromatic nitrogens is 2. The molecule has 1 N–H and O–H groups in total. The van der Waals surface area contributed by atoms with Crippen molar-refractivity contribution >= 4 is 23.8 Å². The van der Waals surface area contributed by atoms with Gasteiger partial charge in [-0.15, -0.1) is 0 Å². The second kappa shape index (κ2) is 6.75. The van der Waals surface area contributed by atoms with Crippen LogP contribution in [0.2, 0.25) is 0 Å². The normalized spacial score (nSPS) is 25.6. The number of hydrogen-bond donors (Lipinski definition) is 1. The molecule has 1 aliphatic heterocycles. The molecule has 0 radical (unpaired) electrons. The second-order valence-electron chi connectivity index (χ2n) is 8.65. The lowest BCUT2D eigenvalue weighted by Gasteiger charge is -2.66. The van der Waals surface area contributed by atoms with E-state index in [-0.39, 0.29) is 11.0 Å². The zero-order valence-corrected chi connectivity index (χ0v) is 17.8. The van der Waals surface area contributed by atoms with Crippen molar-refractivity contribution in [3.05, 3.63) is 46.2 Å². The summed E-state index contributed by atoms with van der Waals surface area (Å²) in [5, 5.41) is 21.5. The van der Waals surface area contributed by atoms with E-state index >= 15 is 0 Å². The first kappa shape index (κ1) is 19.0. The fourth-order valence-electron chi connectivity index (χ4n) is 4.91. The van der Waals surface area contributed by atoms with Gasteiger partial charge in [-0.05, 0) is 68.0 Å². The number of aryl methyl sites for hydroxylation is 2. The minimum atomic E-state index is -0.116. The quantitative estimate of drug-likeness (QED) is 0.685. The molecule has 1 aromatic heterocycles. The van der Waals surface area contributed by atoms with Gasteiger partial charge in [0.05, 0.1) is 23.2 Å². The first-order chi connectivity index (χ1) is 14.4. The van der Waals surface area contributed by atoms with Gasteiger partial charge in [-0.3, -0.25) is 0 Å². The van der Waals surface area contributed by atoms with Crippen LogP contribution in [-0.4, -0.2) is 15.5 Å². The van der Waals surface area contributed by atoms with Crippen molar-refractivity contribution in [2.75, 3.05) is 5.32 Å². The molecule has 2 bridgehead atoms. The Morgan fingerprint density at radius 3 is 2.53 bits per heavy atom. The summed E-state index contributed by atoms with van der Waals surface area (Å²) in [5.74, 6) is 3.70. The number of fused-ring (bicyclic) bond motifs is 1. The highest BCUT2D eigenvalue weighted by atomic mass is 32.2. The predicted octanol–water partition coefficient (Wildman–Crippen LogP) is 5.03. The number of nitriles is 2. The van der Waals surface area contributed by atoms with Crippen LogP contribution in [0, 0.1) is 41.9 Å². The third kappa shape index (κ3) is 3.02. The van der Waals surface area contributed by atoms with Crippen molar-refractivity contribution in [3.63, 3.8) is 0 Å². The van der Waals surface area contributed by atoms with Crippen LogP contribution in [0.5, 0.6) is 11.6 Å². The average molecular weight is 416 g/mol. The van der Waals surface area contributed by atoms with Gasteiger partial charge in [0.25, 0.3) is 0 Å². The summed E-state index contributed by atoms with van der Waals surface area (Å²) in [5.41, 5.74) is 4.91.